The molecule has 0 spiro atoms. The zero-order valence-electron chi connectivity index (χ0n) is 30.8. The van der Waals surface area contributed by atoms with Gasteiger partial charge in [-0.2, -0.15) is 0 Å². The molecule has 0 aliphatic rings. The molecule has 1 aromatic heterocycles. The van der Waals surface area contributed by atoms with E-state index < -0.39 is 6.04 Å². The van der Waals surface area contributed by atoms with Crippen LogP contribution in [-0.2, 0) is 0 Å². The molecular formula is C46H30N2. The molecule has 0 amide bonds. The highest BCUT2D eigenvalue weighted by atomic mass is 15.1. The Labute approximate surface area is 285 Å². The molecule has 0 aliphatic heterocycles. The van der Waals surface area contributed by atoms with Crippen molar-refractivity contribution in [1.82, 2.24) is 4.57 Å². The van der Waals surface area contributed by atoms with E-state index in [-0.39, 0.29) is 29.9 Å². The van der Waals surface area contributed by atoms with E-state index in [4.69, 9.17) is 6.85 Å². The number of anilines is 3. The van der Waals surface area contributed by atoms with Gasteiger partial charge in [0, 0.05) is 38.9 Å². The molecule has 0 radical (unpaired) electrons. The SMILES string of the molecule is [2H]c1c([2H])c([2H])c(N(c2ccccc2)c2ccc(-c3ccc4ccc5cc6c7ccccc7n(-c7ccccc7)c6c6ccc3c4c56)cc2)c([2H])c1[2H]. The molecule has 224 valence electrons. The summed E-state index contributed by atoms with van der Waals surface area (Å²) < 4.78 is 44.8. The summed E-state index contributed by atoms with van der Waals surface area (Å²) in [6, 6.07) is 50.7. The second-order valence-electron chi connectivity index (χ2n) is 12.2. The van der Waals surface area contributed by atoms with Gasteiger partial charge in [-0.15, -0.1) is 0 Å². The van der Waals surface area contributed by atoms with Crippen LogP contribution >= 0.6 is 0 Å². The zero-order chi connectivity index (χ0) is 36.0. The number of hydrogen-bond donors (Lipinski definition) is 0. The minimum absolute atomic E-state index is 0.108. The molecule has 0 aliphatic carbocycles. The third-order valence-corrected chi connectivity index (χ3v) is 9.59. The Bertz CT molecular complexity index is 3020. The van der Waals surface area contributed by atoms with Crippen molar-refractivity contribution >= 4 is 71.2 Å². The summed E-state index contributed by atoms with van der Waals surface area (Å²) in [6.45, 7) is 0. The molecule has 2 heteroatoms. The van der Waals surface area contributed by atoms with Crippen molar-refractivity contribution in [3.05, 3.63) is 182 Å². The van der Waals surface area contributed by atoms with Gasteiger partial charge in [0.05, 0.1) is 17.9 Å². The van der Waals surface area contributed by atoms with Crippen LogP contribution < -0.4 is 4.90 Å². The van der Waals surface area contributed by atoms with Crippen LogP contribution in [0, 0.1) is 0 Å². The van der Waals surface area contributed by atoms with Crippen LogP contribution in [-0.4, -0.2) is 4.57 Å². The van der Waals surface area contributed by atoms with Gasteiger partial charge in [0.15, 0.2) is 0 Å². The van der Waals surface area contributed by atoms with Gasteiger partial charge in [0.1, 0.15) is 0 Å². The summed E-state index contributed by atoms with van der Waals surface area (Å²) >= 11 is 0. The fourth-order valence-corrected chi connectivity index (χ4v) is 7.55. The fraction of sp³-hybridized carbons (Fsp3) is 0. The lowest BCUT2D eigenvalue weighted by atomic mass is 9.89. The van der Waals surface area contributed by atoms with Crippen molar-refractivity contribution < 1.29 is 6.85 Å². The predicted octanol–water partition coefficient (Wildman–Crippen LogP) is 12.8. The third-order valence-electron chi connectivity index (χ3n) is 9.59. The van der Waals surface area contributed by atoms with E-state index in [0.29, 0.717) is 11.4 Å². The largest absolute Gasteiger partial charge is 0.311 e. The summed E-state index contributed by atoms with van der Waals surface area (Å²) in [6.07, 6.45) is 0. The number of rotatable bonds is 5. The third kappa shape index (κ3) is 4.00. The van der Waals surface area contributed by atoms with Gasteiger partial charge in [0.2, 0.25) is 0 Å². The molecule has 0 fully saturated rings. The second-order valence-corrected chi connectivity index (χ2v) is 12.2. The fourth-order valence-electron chi connectivity index (χ4n) is 7.55. The van der Waals surface area contributed by atoms with Crippen molar-refractivity contribution in [2.75, 3.05) is 4.90 Å². The van der Waals surface area contributed by atoms with E-state index in [1.807, 2.05) is 42.5 Å². The Balaban J connectivity index is 1.18. The standard InChI is InChI=1S/C46H30N2/c1-4-12-34(13-5-1)47(35-14-6-2-7-15-35)37-25-22-31(23-26-37)38-27-24-32-20-21-33-30-42-39-18-10-11-19-43(39)48(36-16-8-3-9-17-36)46(42)41-29-28-40(38)44(32)45(33)41/h1-30H/i1D,4D,5D,12D,13D. The lowest BCUT2D eigenvalue weighted by Crippen LogP contribution is -2.09. The number of hydrogen-bond acceptors (Lipinski definition) is 1. The van der Waals surface area contributed by atoms with Crippen molar-refractivity contribution in [1.29, 1.82) is 0 Å². The minimum Gasteiger partial charge on any atom is -0.311 e. The van der Waals surface area contributed by atoms with E-state index >= 15 is 0 Å². The van der Waals surface area contributed by atoms with Crippen LogP contribution in [0.1, 0.15) is 6.85 Å². The molecule has 0 N–H and O–H groups in total. The Morgan fingerprint density at radius 2 is 1.10 bits per heavy atom. The van der Waals surface area contributed by atoms with E-state index in [0.717, 1.165) is 22.2 Å². The van der Waals surface area contributed by atoms with Gasteiger partial charge in [-0.25, -0.2) is 0 Å². The second kappa shape index (κ2) is 10.6. The van der Waals surface area contributed by atoms with Gasteiger partial charge in [-0.05, 0) is 98.7 Å². The maximum Gasteiger partial charge on any atom is 0.0645 e. The van der Waals surface area contributed by atoms with E-state index in [2.05, 4.69) is 114 Å². The Hall–Kier alpha value is -6.38. The van der Waals surface area contributed by atoms with Crippen molar-refractivity contribution in [3.8, 4) is 16.8 Å². The number of fused-ring (bicyclic) bond motifs is 4. The van der Waals surface area contributed by atoms with Crippen LogP contribution in [0.3, 0.4) is 0 Å². The molecule has 1 heterocycles. The quantitative estimate of drug-likeness (QED) is 0.175. The van der Waals surface area contributed by atoms with Crippen LogP contribution in [0.4, 0.5) is 17.1 Å². The van der Waals surface area contributed by atoms with Gasteiger partial charge in [-0.1, -0.05) is 121 Å². The highest BCUT2D eigenvalue weighted by molar-refractivity contribution is 6.32. The molecule has 0 saturated carbocycles. The molecule has 10 rings (SSSR count). The van der Waals surface area contributed by atoms with Gasteiger partial charge >= 0.3 is 0 Å². The highest BCUT2D eigenvalue weighted by Crippen LogP contribution is 2.45. The van der Waals surface area contributed by atoms with Crippen molar-refractivity contribution in [2.24, 2.45) is 0 Å². The lowest BCUT2D eigenvalue weighted by Gasteiger charge is -2.25. The first-order valence-electron chi connectivity index (χ1n) is 18.6. The summed E-state index contributed by atoms with van der Waals surface area (Å²) in [7, 11) is 0. The Morgan fingerprint density at radius 3 is 1.92 bits per heavy atom. The summed E-state index contributed by atoms with van der Waals surface area (Å²) in [5.41, 5.74) is 7.11. The molecule has 0 saturated heterocycles. The Morgan fingerprint density at radius 1 is 0.458 bits per heavy atom. The summed E-state index contributed by atoms with van der Waals surface area (Å²) in [5, 5.41) is 9.66. The normalized spacial score (nSPS) is 13.2. The molecule has 2 nitrogen and oxygen atoms in total. The Kier molecular flexibility index (Phi) is 4.89. The first kappa shape index (κ1) is 22.2. The molecule has 0 bridgehead atoms. The maximum absolute atomic E-state index is 8.76. The van der Waals surface area contributed by atoms with Crippen molar-refractivity contribution in [3.63, 3.8) is 0 Å². The average Bonchev–Trinajstić information content (AvgIpc) is 3.55. The van der Waals surface area contributed by atoms with Crippen LogP contribution in [0.15, 0.2) is 182 Å². The minimum atomic E-state index is -0.414. The maximum atomic E-state index is 8.76. The number of nitrogens with zero attached hydrogens (tertiary/aromatic N) is 2. The molecule has 10 aromatic rings. The van der Waals surface area contributed by atoms with Crippen LogP contribution in [0.2, 0.25) is 0 Å². The van der Waals surface area contributed by atoms with Gasteiger partial charge in [0.25, 0.3) is 0 Å². The predicted molar refractivity (Wildman–Crippen MR) is 205 cm³/mol. The molecular weight excluding hydrogens is 581 g/mol. The number of para-hydroxylation sites is 4. The number of aromatic nitrogens is 1. The smallest absolute Gasteiger partial charge is 0.0645 e. The first-order valence-corrected chi connectivity index (χ1v) is 16.1. The van der Waals surface area contributed by atoms with E-state index in [9.17, 15) is 0 Å². The van der Waals surface area contributed by atoms with Gasteiger partial charge < -0.3 is 9.47 Å². The highest BCUT2D eigenvalue weighted by Gasteiger charge is 2.20. The molecule has 9 aromatic carbocycles. The molecule has 0 unspecified atom stereocenters. The van der Waals surface area contributed by atoms with E-state index in [1.54, 1.807) is 4.90 Å². The molecule has 48 heavy (non-hydrogen) atoms. The zero-order valence-corrected chi connectivity index (χ0v) is 25.8. The van der Waals surface area contributed by atoms with E-state index in [1.165, 1.54) is 48.7 Å². The average molecular weight is 616 g/mol. The molecule has 0 atom stereocenters. The summed E-state index contributed by atoms with van der Waals surface area (Å²) in [5.74, 6) is 0. The topological polar surface area (TPSA) is 8.17 Å². The van der Waals surface area contributed by atoms with Crippen LogP contribution in [0.25, 0.3) is 70.9 Å². The van der Waals surface area contributed by atoms with Crippen LogP contribution in [0.5, 0.6) is 0 Å². The summed E-state index contributed by atoms with van der Waals surface area (Å²) in [4.78, 5) is 1.74. The van der Waals surface area contributed by atoms with Crippen molar-refractivity contribution in [2.45, 2.75) is 0 Å². The number of benzene rings is 9. The lowest BCUT2D eigenvalue weighted by molar-refractivity contribution is 1.19. The first-order chi connectivity index (χ1) is 25.9. The monoisotopic (exact) mass is 615 g/mol. The van der Waals surface area contributed by atoms with Gasteiger partial charge in [-0.3, -0.25) is 0 Å².